The number of carbonyl (C=O) groups excluding carboxylic acids is 1. The zero-order valence-corrected chi connectivity index (χ0v) is 25.1. The Morgan fingerprint density at radius 1 is 1.14 bits per heavy atom. The minimum absolute atomic E-state index is 0.155. The third kappa shape index (κ3) is 6.44. The molecular formula is C30H34F2N6O3S. The fourth-order valence-corrected chi connectivity index (χ4v) is 5.75. The van der Waals surface area contributed by atoms with Crippen LogP contribution in [0.4, 0.5) is 30.9 Å². The normalized spacial score (nSPS) is 14.6. The highest BCUT2D eigenvalue weighted by molar-refractivity contribution is 7.21. The molecule has 1 atom stereocenters. The fourth-order valence-electron chi connectivity index (χ4n) is 4.79. The molecule has 0 radical (unpaired) electrons. The lowest BCUT2D eigenvalue weighted by atomic mass is 10.1. The zero-order chi connectivity index (χ0) is 30.0. The molecular weight excluding hydrogens is 562 g/mol. The first-order chi connectivity index (χ1) is 20.0. The number of fused-ring (bicyclic) bond motifs is 1. The average Bonchev–Trinajstić information content (AvgIpc) is 3.35. The molecule has 0 spiro atoms. The van der Waals surface area contributed by atoms with Crippen molar-refractivity contribution in [3.05, 3.63) is 59.9 Å². The minimum atomic E-state index is -0.668. The van der Waals surface area contributed by atoms with Crippen molar-refractivity contribution in [1.29, 1.82) is 0 Å². The van der Waals surface area contributed by atoms with Crippen LogP contribution in [0.5, 0.6) is 0 Å². The number of hydrogen-bond acceptors (Lipinski definition) is 9. The lowest BCUT2D eigenvalue weighted by molar-refractivity contribution is 0.0182. The van der Waals surface area contributed by atoms with Gasteiger partial charge >= 0.3 is 6.09 Å². The fraction of sp³-hybridized carbons (Fsp3) is 0.400. The maximum atomic E-state index is 14.4. The number of benzene rings is 1. The van der Waals surface area contributed by atoms with E-state index in [4.69, 9.17) is 14.5 Å². The maximum Gasteiger partial charge on any atom is 0.410 e. The first-order valence-corrected chi connectivity index (χ1v) is 14.7. The number of rotatable bonds is 7. The Balaban J connectivity index is 1.46. The first kappa shape index (κ1) is 29.6. The number of nitrogens with one attached hydrogen (secondary N) is 1. The van der Waals surface area contributed by atoms with Gasteiger partial charge in [-0.15, -0.1) is 11.3 Å². The molecule has 0 bridgehead atoms. The summed E-state index contributed by atoms with van der Waals surface area (Å²) in [5.74, 6) is -0.340. The van der Waals surface area contributed by atoms with E-state index >= 15 is 0 Å². The molecule has 1 unspecified atom stereocenters. The van der Waals surface area contributed by atoms with Crippen molar-refractivity contribution < 1.29 is 23.0 Å². The van der Waals surface area contributed by atoms with Crippen LogP contribution in [0, 0.1) is 11.6 Å². The summed E-state index contributed by atoms with van der Waals surface area (Å²) in [6, 6.07) is 8.91. The van der Waals surface area contributed by atoms with E-state index in [0.717, 1.165) is 5.69 Å². The third-order valence-electron chi connectivity index (χ3n) is 6.79. The largest absolute Gasteiger partial charge is 0.444 e. The van der Waals surface area contributed by atoms with Crippen LogP contribution in [0.2, 0.25) is 0 Å². The number of ether oxygens (including phenoxy) is 2. The van der Waals surface area contributed by atoms with Gasteiger partial charge in [0.15, 0.2) is 0 Å². The first-order valence-electron chi connectivity index (χ1n) is 13.9. The lowest BCUT2D eigenvalue weighted by Gasteiger charge is -2.35. The van der Waals surface area contributed by atoms with Crippen LogP contribution in [0.15, 0.2) is 42.6 Å². The number of pyridine rings is 2. The summed E-state index contributed by atoms with van der Waals surface area (Å²) in [6.45, 7) is 12.4. The van der Waals surface area contributed by atoms with Crippen molar-refractivity contribution in [3.8, 4) is 10.6 Å². The number of thiazole rings is 1. The molecule has 1 saturated heterocycles. The molecule has 1 aliphatic rings. The highest BCUT2D eigenvalue weighted by Gasteiger charge is 2.30. The van der Waals surface area contributed by atoms with E-state index in [1.807, 2.05) is 46.8 Å². The Labute approximate surface area is 247 Å². The molecule has 1 aromatic carbocycles. The summed E-state index contributed by atoms with van der Waals surface area (Å²) < 4.78 is 40.6. The summed E-state index contributed by atoms with van der Waals surface area (Å²) in [7, 11) is 0. The topological polar surface area (TPSA) is 92.7 Å². The van der Waals surface area contributed by atoms with Crippen molar-refractivity contribution in [2.24, 2.45) is 0 Å². The highest BCUT2D eigenvalue weighted by atomic mass is 32.1. The van der Waals surface area contributed by atoms with E-state index in [1.165, 1.54) is 29.5 Å². The molecule has 1 fully saturated rings. The van der Waals surface area contributed by atoms with Gasteiger partial charge in [0.2, 0.25) is 0 Å². The molecule has 0 saturated carbocycles. The van der Waals surface area contributed by atoms with Gasteiger partial charge in [-0.25, -0.2) is 28.5 Å². The molecule has 222 valence electrons. The Hall–Kier alpha value is -3.90. The number of anilines is 3. The molecule has 0 aliphatic carbocycles. The van der Waals surface area contributed by atoms with Crippen LogP contribution in [-0.4, -0.2) is 64.4 Å². The van der Waals surface area contributed by atoms with Crippen LogP contribution in [0.1, 0.15) is 46.4 Å². The van der Waals surface area contributed by atoms with Crippen LogP contribution < -0.4 is 10.2 Å². The number of hydrogen-bond donors (Lipinski definition) is 1. The lowest BCUT2D eigenvalue weighted by Crippen LogP contribution is -2.40. The van der Waals surface area contributed by atoms with E-state index < -0.39 is 29.4 Å². The van der Waals surface area contributed by atoms with Gasteiger partial charge in [0.05, 0.1) is 46.4 Å². The zero-order valence-electron chi connectivity index (χ0n) is 24.3. The third-order valence-corrected chi connectivity index (χ3v) is 7.82. The standard InChI is InChI=1S/C30H34F2N6O3S/c1-6-38(29(39)41-30(3,4)5)18(2)27-22(37-12-14-40-15-13-37)10-11-24(36-27)35-25-16-21-23(17-33-25)42-28(34-21)26-19(31)8-7-9-20(26)32/h7-11,16-18H,6,12-15H2,1-5H3,(H,33,35,36). The highest BCUT2D eigenvalue weighted by Crippen LogP contribution is 2.35. The second kappa shape index (κ2) is 12.1. The second-order valence-electron chi connectivity index (χ2n) is 10.9. The smallest absolute Gasteiger partial charge is 0.410 e. The van der Waals surface area contributed by atoms with E-state index in [1.54, 1.807) is 17.2 Å². The molecule has 4 heterocycles. The van der Waals surface area contributed by atoms with Crippen LogP contribution in [-0.2, 0) is 9.47 Å². The quantitative estimate of drug-likeness (QED) is 0.246. The summed E-state index contributed by atoms with van der Waals surface area (Å²) >= 11 is 1.17. The molecule has 4 aromatic rings. The van der Waals surface area contributed by atoms with Crippen molar-refractivity contribution in [3.63, 3.8) is 0 Å². The van der Waals surface area contributed by atoms with Crippen molar-refractivity contribution in [2.75, 3.05) is 43.1 Å². The molecule has 3 aromatic heterocycles. The van der Waals surface area contributed by atoms with E-state index in [-0.39, 0.29) is 10.6 Å². The average molecular weight is 597 g/mol. The molecule has 9 nitrogen and oxygen atoms in total. The number of morpholine rings is 1. The summed E-state index contributed by atoms with van der Waals surface area (Å²) in [5, 5.41) is 3.48. The van der Waals surface area contributed by atoms with Crippen LogP contribution in [0.25, 0.3) is 20.8 Å². The predicted molar refractivity (Wildman–Crippen MR) is 160 cm³/mol. The van der Waals surface area contributed by atoms with E-state index in [0.29, 0.717) is 60.4 Å². The van der Waals surface area contributed by atoms with Crippen molar-refractivity contribution in [1.82, 2.24) is 19.9 Å². The van der Waals surface area contributed by atoms with Gasteiger partial charge in [0.1, 0.15) is 33.9 Å². The Bertz CT molecular complexity index is 1570. The van der Waals surface area contributed by atoms with Gasteiger partial charge in [0, 0.05) is 31.9 Å². The minimum Gasteiger partial charge on any atom is -0.444 e. The summed E-state index contributed by atoms with van der Waals surface area (Å²) in [4.78, 5) is 30.9. The van der Waals surface area contributed by atoms with Gasteiger partial charge in [-0.3, -0.25) is 0 Å². The number of aromatic nitrogens is 3. The predicted octanol–water partition coefficient (Wildman–Crippen LogP) is 6.93. The molecule has 1 amide bonds. The molecule has 5 rings (SSSR count). The van der Waals surface area contributed by atoms with Gasteiger partial charge in [-0.2, -0.15) is 0 Å². The molecule has 1 N–H and O–H groups in total. The van der Waals surface area contributed by atoms with Crippen molar-refractivity contribution >= 4 is 45.0 Å². The van der Waals surface area contributed by atoms with E-state index in [9.17, 15) is 13.6 Å². The Morgan fingerprint density at radius 2 is 1.86 bits per heavy atom. The van der Waals surface area contributed by atoms with Crippen molar-refractivity contribution in [2.45, 2.75) is 46.3 Å². The summed E-state index contributed by atoms with van der Waals surface area (Å²) in [5.41, 5.74) is 1.39. The van der Waals surface area contributed by atoms with Crippen LogP contribution in [0.3, 0.4) is 0 Å². The Kier molecular flexibility index (Phi) is 8.55. The van der Waals surface area contributed by atoms with Gasteiger partial charge in [0.25, 0.3) is 0 Å². The molecule has 1 aliphatic heterocycles. The maximum absolute atomic E-state index is 14.4. The number of nitrogens with zero attached hydrogens (tertiary/aromatic N) is 5. The Morgan fingerprint density at radius 3 is 2.52 bits per heavy atom. The van der Waals surface area contributed by atoms with Gasteiger partial charge in [-0.1, -0.05) is 6.07 Å². The number of halogens is 2. The monoisotopic (exact) mass is 596 g/mol. The van der Waals surface area contributed by atoms with Crippen LogP contribution >= 0.6 is 11.3 Å². The molecule has 12 heteroatoms. The summed E-state index contributed by atoms with van der Waals surface area (Å²) in [6.07, 6.45) is 1.20. The second-order valence-corrected chi connectivity index (χ2v) is 12.0. The van der Waals surface area contributed by atoms with E-state index in [2.05, 4.69) is 20.2 Å². The molecule has 42 heavy (non-hydrogen) atoms. The van der Waals surface area contributed by atoms with Gasteiger partial charge < -0.3 is 24.6 Å². The number of amides is 1. The number of carbonyl (C=O) groups is 1. The van der Waals surface area contributed by atoms with Gasteiger partial charge in [-0.05, 0) is 58.9 Å². The SMILES string of the molecule is CCN(C(=O)OC(C)(C)C)C(C)c1nc(Nc2cc3nc(-c4c(F)cccc4F)sc3cn2)ccc1N1CCOCC1.